The number of hydrogen-bond acceptors (Lipinski definition) is 12. The Morgan fingerprint density at radius 1 is 1.43 bits per heavy atom. The van der Waals surface area contributed by atoms with Crippen LogP contribution in [0.3, 0.4) is 0 Å². The predicted octanol–water partition coefficient (Wildman–Crippen LogP) is -2.56. The molecule has 1 fully saturated rings. The second-order valence-corrected chi connectivity index (χ2v) is 9.66. The molecule has 4 heterocycles. The Bertz CT molecular complexity index is 1300. The summed E-state index contributed by atoms with van der Waals surface area (Å²) >= 11 is 2.12. The summed E-state index contributed by atoms with van der Waals surface area (Å²) in [6, 6.07) is 0.406. The normalized spacial score (nSPS) is 19.6. The molecule has 14 nitrogen and oxygen atoms in total. The number of anilines is 2. The first kappa shape index (κ1) is 26.3. The number of hydrogen-bond donors (Lipinski definition) is 4. The molecule has 0 aliphatic carbocycles. The number of alkyl halides is 2. The molecule has 6 N–H and O–H groups in total. The van der Waals surface area contributed by atoms with Crippen LogP contribution < -0.4 is 26.6 Å². The van der Waals surface area contributed by atoms with Gasteiger partial charge in [0, 0.05) is 16.7 Å². The molecule has 0 bridgehead atoms. The maximum atomic E-state index is 12.9. The number of thiazole rings is 1. The number of aromatic nitrogens is 3. The monoisotopic (exact) mass is 558 g/mol. The van der Waals surface area contributed by atoms with E-state index in [4.69, 9.17) is 11.5 Å². The molecule has 2 aliphatic heterocycles. The maximum absolute atomic E-state index is 12.9. The van der Waals surface area contributed by atoms with Crippen molar-refractivity contribution in [2.45, 2.75) is 31.1 Å². The number of β-lactam (4-membered cyclic amide) rings is 1. The number of halogens is 2. The van der Waals surface area contributed by atoms with E-state index >= 15 is 0 Å². The van der Waals surface area contributed by atoms with Crippen LogP contribution in [0.5, 0.6) is 0 Å². The fraction of sp³-hybridized carbons (Fsp3) is 0.368. The molecule has 18 heteroatoms. The van der Waals surface area contributed by atoms with E-state index in [2.05, 4.69) is 20.3 Å². The fourth-order valence-electron chi connectivity index (χ4n) is 3.86. The lowest BCUT2D eigenvalue weighted by atomic mass is 10.0. The van der Waals surface area contributed by atoms with Gasteiger partial charge < -0.3 is 36.6 Å². The third-order valence-corrected chi connectivity index (χ3v) is 7.43. The topological polar surface area (TPSA) is 205 Å². The van der Waals surface area contributed by atoms with Crippen LogP contribution in [0.25, 0.3) is 0 Å². The molecule has 198 valence electrons. The third kappa shape index (κ3) is 5.20. The number of aliphatic carboxylic acids is 1. The highest BCUT2D eigenvalue weighted by Gasteiger charge is 2.53. The average Bonchev–Trinajstić information content (AvgIpc) is 3.42. The summed E-state index contributed by atoms with van der Waals surface area (Å²) in [6.45, 7) is -3.29. The summed E-state index contributed by atoms with van der Waals surface area (Å²) in [7, 11) is 0. The molecule has 0 saturated carbocycles. The summed E-state index contributed by atoms with van der Waals surface area (Å²) in [5.41, 5.74) is 10.7. The largest absolute Gasteiger partial charge is 0.543 e. The Labute approximate surface area is 215 Å². The van der Waals surface area contributed by atoms with Gasteiger partial charge in [0.05, 0.1) is 24.3 Å². The molecule has 2 aliphatic rings. The molecule has 0 radical (unpaired) electrons. The van der Waals surface area contributed by atoms with Crippen LogP contribution in [0.1, 0.15) is 5.69 Å². The molecule has 0 aromatic carbocycles. The SMILES string of the molecule is Nc1nc(C(=NOC(F)F)C(=O)N[C@@H]2C(=O)N3C(C(=O)[O-])=C(C[n+]4ccc(N)n4CCO)CS[C@H]23)cs1. The molecule has 0 spiro atoms. The molecule has 1 saturated heterocycles. The zero-order valence-corrected chi connectivity index (χ0v) is 20.4. The number of aliphatic hydroxyl groups excluding tert-OH is 1. The zero-order valence-electron chi connectivity index (χ0n) is 18.7. The Hall–Kier alpha value is -3.77. The van der Waals surface area contributed by atoms with E-state index in [-0.39, 0.29) is 42.0 Å². The number of carbonyl (C=O) groups is 3. The van der Waals surface area contributed by atoms with E-state index in [9.17, 15) is 33.4 Å². The van der Waals surface area contributed by atoms with Crippen LogP contribution in [0.2, 0.25) is 0 Å². The van der Waals surface area contributed by atoms with Crippen LogP contribution in [-0.4, -0.2) is 73.6 Å². The predicted molar refractivity (Wildman–Crippen MR) is 123 cm³/mol. The third-order valence-electron chi connectivity index (χ3n) is 5.42. The van der Waals surface area contributed by atoms with Crippen molar-refractivity contribution in [1.29, 1.82) is 0 Å². The maximum Gasteiger partial charge on any atom is 0.407 e. The number of amides is 2. The van der Waals surface area contributed by atoms with Crippen LogP contribution in [0.15, 0.2) is 34.1 Å². The molecule has 2 aromatic heterocycles. The number of nitrogens with two attached hydrogens (primary N) is 2. The molecule has 2 amide bonds. The Balaban J connectivity index is 1.55. The second-order valence-electron chi connectivity index (χ2n) is 7.66. The number of oxime groups is 1. The molecule has 2 atom stereocenters. The standard InChI is InChI=1S/C19H20F2N8O6S2/c20-18(21)35-26-11(9-7-37-19(23)24-9)14(31)25-12-15(32)29-13(17(33)34)8(6-36-16(12)29)5-27-2-1-10(22)28(27)3-4-30/h1-2,7,12,16,18,22,30H,3-6H2,(H4,23,24,25,31,33,34)/t12-,16-/m1/s1. The molecule has 37 heavy (non-hydrogen) atoms. The molecular formula is C19H20F2N8O6S2. The van der Waals surface area contributed by atoms with Gasteiger partial charge >= 0.3 is 6.61 Å². The van der Waals surface area contributed by atoms with Gasteiger partial charge in [-0.1, -0.05) is 5.16 Å². The fourth-order valence-corrected chi connectivity index (χ4v) is 5.74. The average molecular weight is 559 g/mol. The minimum absolute atomic E-state index is 0.0438. The second kappa shape index (κ2) is 10.7. The van der Waals surface area contributed by atoms with Gasteiger partial charge in [-0.05, 0) is 0 Å². The lowest BCUT2D eigenvalue weighted by Gasteiger charge is -2.50. The first-order valence-electron chi connectivity index (χ1n) is 10.5. The zero-order chi connectivity index (χ0) is 26.9. The number of carboxylic acids is 1. The van der Waals surface area contributed by atoms with Crippen molar-refractivity contribution in [3.05, 3.63) is 34.6 Å². The van der Waals surface area contributed by atoms with E-state index < -0.39 is 41.5 Å². The number of carboxylic acid groups (broad SMARTS) is 1. The molecular weight excluding hydrogens is 538 g/mol. The first-order valence-corrected chi connectivity index (χ1v) is 12.4. The van der Waals surface area contributed by atoms with E-state index in [1.807, 2.05) is 0 Å². The van der Waals surface area contributed by atoms with Crippen molar-refractivity contribution in [2.75, 3.05) is 23.8 Å². The number of thioether (sulfide) groups is 1. The van der Waals surface area contributed by atoms with E-state index in [1.54, 1.807) is 21.6 Å². The number of nitrogens with one attached hydrogen (secondary N) is 1. The highest BCUT2D eigenvalue weighted by Crippen LogP contribution is 2.40. The molecule has 4 rings (SSSR count). The van der Waals surface area contributed by atoms with E-state index in [0.717, 1.165) is 16.2 Å². The lowest BCUT2D eigenvalue weighted by Crippen LogP contribution is -2.71. The number of nitrogen functional groups attached to an aromatic ring is 2. The van der Waals surface area contributed by atoms with E-state index in [0.29, 0.717) is 11.4 Å². The summed E-state index contributed by atoms with van der Waals surface area (Å²) in [4.78, 5) is 46.5. The highest BCUT2D eigenvalue weighted by atomic mass is 32.2. The van der Waals surface area contributed by atoms with Crippen molar-refractivity contribution in [3.63, 3.8) is 0 Å². The van der Waals surface area contributed by atoms with Crippen LogP contribution in [0, 0.1) is 0 Å². The van der Waals surface area contributed by atoms with Crippen molar-refractivity contribution in [2.24, 2.45) is 5.16 Å². The van der Waals surface area contributed by atoms with Gasteiger partial charge in [-0.25, -0.2) is 4.98 Å². The van der Waals surface area contributed by atoms with Gasteiger partial charge in [-0.2, -0.15) is 8.78 Å². The summed E-state index contributed by atoms with van der Waals surface area (Å²) in [6.07, 6.45) is 1.61. The first-order chi connectivity index (χ1) is 17.6. The number of aliphatic hydroxyl groups is 1. The number of carbonyl (C=O) groups excluding carboxylic acids is 3. The quantitative estimate of drug-likeness (QED) is 0.104. The van der Waals surface area contributed by atoms with Crippen molar-refractivity contribution in [3.8, 4) is 0 Å². The number of rotatable bonds is 10. The van der Waals surface area contributed by atoms with Gasteiger partial charge in [-0.3, -0.25) is 14.5 Å². The van der Waals surface area contributed by atoms with Gasteiger partial charge in [-0.15, -0.1) is 32.5 Å². The highest BCUT2D eigenvalue weighted by molar-refractivity contribution is 8.00. The summed E-state index contributed by atoms with van der Waals surface area (Å²) in [5, 5.41) is 27.3. The lowest BCUT2D eigenvalue weighted by molar-refractivity contribution is -0.767. The van der Waals surface area contributed by atoms with Gasteiger partial charge in [0.25, 0.3) is 11.8 Å². The van der Waals surface area contributed by atoms with Crippen LogP contribution in [0.4, 0.5) is 19.7 Å². The van der Waals surface area contributed by atoms with Gasteiger partial charge in [0.15, 0.2) is 29.4 Å². The van der Waals surface area contributed by atoms with Crippen LogP contribution >= 0.6 is 23.1 Å². The summed E-state index contributed by atoms with van der Waals surface area (Å²) in [5.74, 6) is -2.85. The Morgan fingerprint density at radius 2 is 2.19 bits per heavy atom. The Morgan fingerprint density at radius 3 is 2.81 bits per heavy atom. The Kier molecular flexibility index (Phi) is 7.60. The van der Waals surface area contributed by atoms with Crippen molar-refractivity contribution in [1.82, 2.24) is 19.9 Å². The van der Waals surface area contributed by atoms with Crippen molar-refractivity contribution >= 4 is 57.5 Å². The summed E-state index contributed by atoms with van der Waals surface area (Å²) < 4.78 is 28.2. The molecule has 2 aromatic rings. The minimum atomic E-state index is -3.31. The van der Waals surface area contributed by atoms with Gasteiger partial charge in [0.2, 0.25) is 0 Å². The smallest absolute Gasteiger partial charge is 0.407 e. The van der Waals surface area contributed by atoms with Crippen LogP contribution in [-0.2, 0) is 32.3 Å². The van der Waals surface area contributed by atoms with Crippen molar-refractivity contribution < 1.29 is 42.9 Å². The number of nitrogens with zero attached hydrogens (tertiary/aromatic N) is 5. The van der Waals surface area contributed by atoms with E-state index in [1.165, 1.54) is 17.1 Å². The minimum Gasteiger partial charge on any atom is -0.543 e. The molecule has 0 unspecified atom stereocenters. The van der Waals surface area contributed by atoms with Gasteiger partial charge in [0.1, 0.15) is 23.7 Å². The number of fused-ring (bicyclic) bond motifs is 1.